The van der Waals surface area contributed by atoms with Crippen molar-refractivity contribution in [1.29, 1.82) is 0 Å². The van der Waals surface area contributed by atoms with E-state index in [-0.39, 0.29) is 29.5 Å². The van der Waals surface area contributed by atoms with Crippen LogP contribution in [0.4, 0.5) is 5.13 Å². The summed E-state index contributed by atoms with van der Waals surface area (Å²) >= 11 is 1.36. The van der Waals surface area contributed by atoms with Crippen molar-refractivity contribution in [3.05, 3.63) is 78.1 Å². The van der Waals surface area contributed by atoms with Gasteiger partial charge in [0, 0.05) is 12.6 Å². The number of pyridine rings is 1. The van der Waals surface area contributed by atoms with Gasteiger partial charge in [-0.2, -0.15) is 0 Å². The van der Waals surface area contributed by atoms with Crippen LogP contribution < -0.4 is 9.64 Å². The van der Waals surface area contributed by atoms with Crippen molar-refractivity contribution in [2.24, 2.45) is 0 Å². The Morgan fingerprint density at radius 3 is 2.56 bits per heavy atom. The van der Waals surface area contributed by atoms with Gasteiger partial charge in [-0.05, 0) is 50.2 Å². The van der Waals surface area contributed by atoms with E-state index in [1.54, 1.807) is 36.5 Å². The number of rotatable bonds is 9. The Morgan fingerprint density at radius 2 is 1.85 bits per heavy atom. The molecule has 7 nitrogen and oxygen atoms in total. The maximum absolute atomic E-state index is 13.3. The maximum atomic E-state index is 13.3. The second-order valence-corrected chi connectivity index (χ2v) is 10.8. The highest BCUT2D eigenvalue weighted by Gasteiger charge is 2.24. The van der Waals surface area contributed by atoms with Crippen LogP contribution >= 0.6 is 11.3 Å². The van der Waals surface area contributed by atoms with E-state index < -0.39 is 9.84 Å². The first kappa shape index (κ1) is 23.8. The number of thiazole rings is 1. The lowest BCUT2D eigenvalue weighted by Gasteiger charge is -2.19. The molecule has 0 bridgehead atoms. The minimum absolute atomic E-state index is 0.169. The number of aromatic nitrogens is 2. The number of anilines is 1. The number of hydrogen-bond donors (Lipinski definition) is 0. The molecule has 0 unspecified atom stereocenters. The number of carbonyl (C=O) groups excluding carboxylic acids is 1. The molecule has 0 saturated heterocycles. The molecule has 0 radical (unpaired) electrons. The summed E-state index contributed by atoms with van der Waals surface area (Å²) in [6.07, 6.45) is 1.49. The molecular weight excluding hydrogens is 470 g/mol. The van der Waals surface area contributed by atoms with Crippen LogP contribution in [0.3, 0.4) is 0 Å². The number of nitrogens with zero attached hydrogens (tertiary/aromatic N) is 3. The van der Waals surface area contributed by atoms with E-state index in [4.69, 9.17) is 4.74 Å². The van der Waals surface area contributed by atoms with Gasteiger partial charge in [0.1, 0.15) is 11.3 Å². The number of carbonyl (C=O) groups is 1. The van der Waals surface area contributed by atoms with Gasteiger partial charge in [0.2, 0.25) is 5.91 Å². The first-order chi connectivity index (χ1) is 16.4. The first-order valence-electron chi connectivity index (χ1n) is 10.9. The third-order valence-corrected chi connectivity index (χ3v) is 7.99. The Kier molecular flexibility index (Phi) is 7.23. The number of hydrogen-bond acceptors (Lipinski definition) is 7. The largest absolute Gasteiger partial charge is 0.492 e. The summed E-state index contributed by atoms with van der Waals surface area (Å²) in [5, 5.41) is 0.477. The molecule has 0 fully saturated rings. The first-order valence-corrected chi connectivity index (χ1v) is 13.4. The van der Waals surface area contributed by atoms with Crippen LogP contribution in [0.5, 0.6) is 5.75 Å². The number of aryl methyl sites for hydroxylation is 1. The van der Waals surface area contributed by atoms with Gasteiger partial charge in [0.15, 0.2) is 15.0 Å². The van der Waals surface area contributed by atoms with E-state index in [1.807, 2.05) is 44.2 Å². The van der Waals surface area contributed by atoms with E-state index in [0.717, 1.165) is 10.3 Å². The Bertz CT molecular complexity index is 1380. The summed E-state index contributed by atoms with van der Waals surface area (Å²) in [7, 11) is -3.60. The maximum Gasteiger partial charge on any atom is 0.230 e. The fourth-order valence-corrected chi connectivity index (χ4v) is 5.66. The van der Waals surface area contributed by atoms with Crippen LogP contribution in [-0.4, -0.2) is 36.7 Å². The highest BCUT2D eigenvalue weighted by molar-refractivity contribution is 7.91. The number of benzene rings is 2. The Labute approximate surface area is 203 Å². The summed E-state index contributed by atoms with van der Waals surface area (Å²) < 4.78 is 32.2. The zero-order valence-corrected chi connectivity index (χ0v) is 20.6. The minimum Gasteiger partial charge on any atom is -0.492 e. The normalized spacial score (nSPS) is 11.5. The molecule has 4 rings (SSSR count). The van der Waals surface area contributed by atoms with Crippen molar-refractivity contribution in [3.63, 3.8) is 0 Å². The van der Waals surface area contributed by atoms with Gasteiger partial charge in [-0.3, -0.25) is 14.7 Å². The van der Waals surface area contributed by atoms with Gasteiger partial charge in [-0.1, -0.05) is 41.2 Å². The van der Waals surface area contributed by atoms with Crippen molar-refractivity contribution >= 4 is 42.4 Å². The molecule has 2 aromatic carbocycles. The minimum atomic E-state index is -3.60. The van der Waals surface area contributed by atoms with Gasteiger partial charge < -0.3 is 4.74 Å². The van der Waals surface area contributed by atoms with Gasteiger partial charge in [-0.15, -0.1) is 0 Å². The molecule has 0 saturated carbocycles. The van der Waals surface area contributed by atoms with Crippen LogP contribution in [0.1, 0.15) is 24.6 Å². The Balaban J connectivity index is 1.62. The van der Waals surface area contributed by atoms with E-state index in [0.29, 0.717) is 28.7 Å². The SMILES string of the molecule is CCOc1cccc2sc(N(Cc3ccccn3)C(=O)CCS(=O)(=O)c3ccc(C)cc3)nc12. The zero-order valence-electron chi connectivity index (χ0n) is 19.0. The monoisotopic (exact) mass is 495 g/mol. The summed E-state index contributed by atoms with van der Waals surface area (Å²) in [4.78, 5) is 24.1. The standard InChI is InChI=1S/C25H25N3O4S2/c1-3-32-21-8-6-9-22-24(21)27-25(33-22)28(17-19-7-4-5-15-26-19)23(29)14-16-34(30,31)20-12-10-18(2)11-13-20/h4-13,15H,3,14,16-17H2,1-2H3. The summed E-state index contributed by atoms with van der Waals surface area (Å²) in [5.74, 6) is 0.0240. The quantitative estimate of drug-likeness (QED) is 0.332. The molecule has 1 amide bonds. The van der Waals surface area contributed by atoms with E-state index >= 15 is 0 Å². The lowest BCUT2D eigenvalue weighted by molar-refractivity contribution is -0.118. The smallest absolute Gasteiger partial charge is 0.230 e. The van der Waals surface area contributed by atoms with Crippen molar-refractivity contribution in [2.45, 2.75) is 31.7 Å². The average Bonchev–Trinajstić information content (AvgIpc) is 3.27. The molecule has 176 valence electrons. The third kappa shape index (κ3) is 5.43. The molecule has 0 aliphatic heterocycles. The van der Waals surface area contributed by atoms with Crippen LogP contribution in [-0.2, 0) is 21.2 Å². The van der Waals surface area contributed by atoms with Gasteiger partial charge in [0.25, 0.3) is 0 Å². The predicted octanol–water partition coefficient (Wildman–Crippen LogP) is 4.80. The Hall–Kier alpha value is -3.30. The summed E-state index contributed by atoms with van der Waals surface area (Å²) in [6.45, 7) is 4.48. The number of amides is 1. The van der Waals surface area contributed by atoms with Crippen molar-refractivity contribution in [3.8, 4) is 5.75 Å². The molecule has 9 heteroatoms. The summed E-state index contributed by atoms with van der Waals surface area (Å²) in [6, 6.07) is 17.8. The molecule has 34 heavy (non-hydrogen) atoms. The number of para-hydroxylation sites is 1. The van der Waals surface area contributed by atoms with Crippen LogP contribution in [0.2, 0.25) is 0 Å². The van der Waals surface area contributed by atoms with Crippen LogP contribution in [0.15, 0.2) is 71.8 Å². The average molecular weight is 496 g/mol. The lowest BCUT2D eigenvalue weighted by Crippen LogP contribution is -2.32. The fourth-order valence-electron chi connectivity index (χ4n) is 3.44. The summed E-state index contributed by atoms with van der Waals surface area (Å²) in [5.41, 5.74) is 2.33. The topological polar surface area (TPSA) is 89.5 Å². The van der Waals surface area contributed by atoms with Crippen LogP contribution in [0, 0.1) is 6.92 Å². The molecule has 0 atom stereocenters. The zero-order chi connectivity index (χ0) is 24.1. The molecular formula is C25H25N3O4S2. The van der Waals surface area contributed by atoms with Gasteiger partial charge in [-0.25, -0.2) is 13.4 Å². The highest BCUT2D eigenvalue weighted by Crippen LogP contribution is 2.35. The third-order valence-electron chi connectivity index (χ3n) is 5.21. The molecule has 0 spiro atoms. The van der Waals surface area contributed by atoms with Crippen molar-refractivity contribution in [1.82, 2.24) is 9.97 Å². The second-order valence-electron chi connectivity index (χ2n) is 7.72. The lowest BCUT2D eigenvalue weighted by atomic mass is 10.2. The Morgan fingerprint density at radius 1 is 1.06 bits per heavy atom. The number of ether oxygens (including phenoxy) is 1. The number of fused-ring (bicyclic) bond motifs is 1. The second kappa shape index (κ2) is 10.3. The van der Waals surface area contributed by atoms with Gasteiger partial charge in [0.05, 0.1) is 34.2 Å². The molecule has 2 heterocycles. The van der Waals surface area contributed by atoms with Crippen LogP contribution in [0.25, 0.3) is 10.2 Å². The van der Waals surface area contributed by atoms with E-state index in [9.17, 15) is 13.2 Å². The highest BCUT2D eigenvalue weighted by atomic mass is 32.2. The van der Waals surface area contributed by atoms with Crippen molar-refractivity contribution in [2.75, 3.05) is 17.3 Å². The molecule has 0 aliphatic rings. The number of sulfone groups is 1. The van der Waals surface area contributed by atoms with Crippen molar-refractivity contribution < 1.29 is 17.9 Å². The van der Waals surface area contributed by atoms with E-state index in [2.05, 4.69) is 9.97 Å². The predicted molar refractivity (Wildman–Crippen MR) is 134 cm³/mol. The fraction of sp³-hybridized carbons (Fsp3) is 0.240. The van der Waals surface area contributed by atoms with Gasteiger partial charge >= 0.3 is 0 Å². The molecule has 0 aliphatic carbocycles. The van der Waals surface area contributed by atoms with E-state index in [1.165, 1.54) is 16.2 Å². The molecule has 0 N–H and O–H groups in total. The molecule has 2 aromatic heterocycles. The molecule has 4 aromatic rings.